The van der Waals surface area contributed by atoms with Gasteiger partial charge < -0.3 is 10.5 Å². The first-order valence-electron chi connectivity index (χ1n) is 6.76. The van der Waals surface area contributed by atoms with Gasteiger partial charge in [0.1, 0.15) is 0 Å². The van der Waals surface area contributed by atoms with Crippen molar-refractivity contribution in [2.24, 2.45) is 0 Å². The quantitative estimate of drug-likeness (QED) is 0.852. The molecule has 1 heterocycles. The van der Waals surface area contributed by atoms with Crippen molar-refractivity contribution in [3.8, 4) is 0 Å². The van der Waals surface area contributed by atoms with E-state index in [1.165, 1.54) is 0 Å². The normalized spacial score (nSPS) is 24.8. The second-order valence-corrected chi connectivity index (χ2v) is 8.85. The molecule has 0 aliphatic carbocycles. The maximum absolute atomic E-state index is 12.9. The van der Waals surface area contributed by atoms with Crippen LogP contribution in [0.5, 0.6) is 0 Å². The Bertz CT molecular complexity index is 633. The summed E-state index contributed by atoms with van der Waals surface area (Å²) in [5.74, 6) is 0. The summed E-state index contributed by atoms with van der Waals surface area (Å²) in [4.78, 5) is 0.323. The lowest BCUT2D eigenvalue weighted by molar-refractivity contribution is -0.0635. The van der Waals surface area contributed by atoms with E-state index in [4.69, 9.17) is 10.5 Å². The number of hydrogen-bond acceptors (Lipinski definition) is 4. The molecule has 0 amide bonds. The smallest absolute Gasteiger partial charge is 0.184 e. The van der Waals surface area contributed by atoms with Gasteiger partial charge in [-0.3, -0.25) is 0 Å². The Labute approximate surface area is 121 Å². The van der Waals surface area contributed by atoms with Crippen LogP contribution in [0.3, 0.4) is 0 Å². The molecule has 1 unspecified atom stereocenters. The summed E-state index contributed by atoms with van der Waals surface area (Å²) >= 11 is 0. The van der Waals surface area contributed by atoms with E-state index in [2.05, 4.69) is 0 Å². The van der Waals surface area contributed by atoms with Crippen molar-refractivity contribution in [2.75, 3.05) is 5.73 Å². The molecule has 1 aromatic rings. The fourth-order valence-corrected chi connectivity index (χ4v) is 5.33. The lowest BCUT2D eigenvalue weighted by Gasteiger charge is -2.27. The number of ether oxygens (including phenoxy) is 1. The number of sulfone groups is 1. The van der Waals surface area contributed by atoms with E-state index in [1.54, 1.807) is 18.2 Å². The molecule has 20 heavy (non-hydrogen) atoms. The second-order valence-electron chi connectivity index (χ2n) is 6.72. The predicted octanol–water partition coefficient (Wildman–Crippen LogP) is 2.70. The van der Waals surface area contributed by atoms with Crippen LogP contribution in [0.4, 0.5) is 5.69 Å². The van der Waals surface area contributed by atoms with E-state index < -0.39 is 26.3 Å². The summed E-state index contributed by atoms with van der Waals surface area (Å²) in [6.45, 7) is 9.35. The predicted molar refractivity (Wildman–Crippen MR) is 80.4 cm³/mol. The first-order chi connectivity index (χ1) is 8.96. The molecule has 0 aromatic heterocycles. The molecule has 0 saturated carbocycles. The number of nitrogen functional groups attached to an aromatic ring is 1. The average Bonchev–Trinajstić information content (AvgIpc) is 2.51. The van der Waals surface area contributed by atoms with E-state index in [0.717, 1.165) is 5.56 Å². The van der Waals surface area contributed by atoms with E-state index in [0.29, 0.717) is 17.0 Å². The van der Waals surface area contributed by atoms with Crippen molar-refractivity contribution in [3.63, 3.8) is 0 Å². The maximum Gasteiger partial charge on any atom is 0.184 e. The summed E-state index contributed by atoms with van der Waals surface area (Å²) in [7, 11) is -3.44. The number of hydrogen-bond donors (Lipinski definition) is 1. The van der Waals surface area contributed by atoms with E-state index >= 15 is 0 Å². The van der Waals surface area contributed by atoms with Crippen LogP contribution in [-0.2, 0) is 14.6 Å². The number of rotatable bonds is 2. The minimum Gasteiger partial charge on any atom is -0.399 e. The van der Waals surface area contributed by atoms with Gasteiger partial charge in [0, 0.05) is 5.69 Å². The standard InChI is InChI=1S/C15H23NO3S/c1-10-8-11(6-7-12(10)16)20(17,18)13-9-14(2,3)19-15(13,4)5/h6-8,13H,9,16H2,1-5H3. The number of benzene rings is 1. The Kier molecular flexibility index (Phi) is 3.42. The Morgan fingerprint density at radius 2 is 1.85 bits per heavy atom. The highest BCUT2D eigenvalue weighted by atomic mass is 32.2. The fraction of sp³-hybridized carbons (Fsp3) is 0.600. The topological polar surface area (TPSA) is 69.4 Å². The van der Waals surface area contributed by atoms with Crippen LogP contribution in [0.25, 0.3) is 0 Å². The number of anilines is 1. The van der Waals surface area contributed by atoms with Gasteiger partial charge in [0.25, 0.3) is 0 Å². The molecule has 1 atom stereocenters. The third-order valence-corrected chi connectivity index (χ3v) is 6.33. The van der Waals surface area contributed by atoms with Gasteiger partial charge in [-0.25, -0.2) is 8.42 Å². The molecule has 0 radical (unpaired) electrons. The number of aryl methyl sites for hydroxylation is 1. The molecular formula is C15H23NO3S. The Morgan fingerprint density at radius 3 is 2.30 bits per heavy atom. The molecule has 112 valence electrons. The second kappa shape index (κ2) is 4.46. The minimum atomic E-state index is -3.44. The van der Waals surface area contributed by atoms with Gasteiger partial charge in [0.2, 0.25) is 0 Å². The van der Waals surface area contributed by atoms with Crippen LogP contribution in [0, 0.1) is 6.92 Å². The minimum absolute atomic E-state index is 0.323. The van der Waals surface area contributed by atoms with E-state index in [-0.39, 0.29) is 0 Å². The molecule has 0 spiro atoms. The molecule has 0 bridgehead atoms. The van der Waals surface area contributed by atoms with Crippen LogP contribution in [0.1, 0.15) is 39.7 Å². The molecule has 1 aromatic carbocycles. The molecule has 1 aliphatic heterocycles. The summed E-state index contributed by atoms with van der Waals surface area (Å²) in [5, 5.41) is -0.548. The molecule has 2 N–H and O–H groups in total. The Hall–Kier alpha value is -1.07. The Morgan fingerprint density at radius 1 is 1.25 bits per heavy atom. The summed E-state index contributed by atoms with van der Waals surface area (Å²) in [6, 6.07) is 4.88. The highest BCUT2D eigenvalue weighted by Crippen LogP contribution is 2.43. The summed E-state index contributed by atoms with van der Waals surface area (Å²) < 4.78 is 31.7. The van der Waals surface area contributed by atoms with Crippen molar-refractivity contribution >= 4 is 15.5 Å². The highest BCUT2D eigenvalue weighted by molar-refractivity contribution is 7.92. The van der Waals surface area contributed by atoms with Gasteiger partial charge in [0.05, 0.1) is 21.3 Å². The van der Waals surface area contributed by atoms with Gasteiger partial charge in [-0.15, -0.1) is 0 Å². The van der Waals surface area contributed by atoms with Crippen LogP contribution < -0.4 is 5.73 Å². The monoisotopic (exact) mass is 297 g/mol. The van der Waals surface area contributed by atoms with Gasteiger partial charge in [-0.1, -0.05) is 0 Å². The van der Waals surface area contributed by atoms with Crippen LogP contribution in [0.15, 0.2) is 23.1 Å². The summed E-state index contributed by atoms with van der Waals surface area (Å²) in [5.41, 5.74) is 6.02. The van der Waals surface area contributed by atoms with Crippen LogP contribution >= 0.6 is 0 Å². The first kappa shape index (κ1) is 15.3. The Balaban J connectivity index is 2.48. The van der Waals surface area contributed by atoms with Crippen molar-refractivity contribution < 1.29 is 13.2 Å². The van der Waals surface area contributed by atoms with Crippen molar-refractivity contribution in [3.05, 3.63) is 23.8 Å². The lowest BCUT2D eigenvalue weighted by Crippen LogP contribution is -2.38. The fourth-order valence-electron chi connectivity index (χ4n) is 2.98. The van der Waals surface area contributed by atoms with E-state index in [9.17, 15) is 8.42 Å². The van der Waals surface area contributed by atoms with Gasteiger partial charge in [-0.2, -0.15) is 0 Å². The largest absolute Gasteiger partial charge is 0.399 e. The zero-order valence-corrected chi connectivity index (χ0v) is 13.5. The molecule has 5 heteroatoms. The van der Waals surface area contributed by atoms with Crippen molar-refractivity contribution in [1.82, 2.24) is 0 Å². The van der Waals surface area contributed by atoms with Gasteiger partial charge in [0.15, 0.2) is 9.84 Å². The SMILES string of the molecule is Cc1cc(S(=O)(=O)C2CC(C)(C)OC2(C)C)ccc1N. The molecule has 4 nitrogen and oxygen atoms in total. The molecule has 1 aliphatic rings. The zero-order chi connectivity index (χ0) is 15.3. The molecule has 1 fully saturated rings. The third-order valence-electron chi connectivity index (χ3n) is 3.94. The molecule has 2 rings (SSSR count). The zero-order valence-electron chi connectivity index (χ0n) is 12.7. The van der Waals surface area contributed by atoms with Gasteiger partial charge in [-0.05, 0) is 64.8 Å². The lowest BCUT2D eigenvalue weighted by atomic mass is 10.0. The molecule has 1 saturated heterocycles. The molecular weight excluding hydrogens is 274 g/mol. The van der Waals surface area contributed by atoms with Crippen molar-refractivity contribution in [2.45, 2.75) is 62.4 Å². The van der Waals surface area contributed by atoms with E-state index in [1.807, 2.05) is 34.6 Å². The first-order valence-corrected chi connectivity index (χ1v) is 8.30. The highest BCUT2D eigenvalue weighted by Gasteiger charge is 2.52. The van der Waals surface area contributed by atoms with Gasteiger partial charge >= 0.3 is 0 Å². The third kappa shape index (κ3) is 2.56. The maximum atomic E-state index is 12.9. The van der Waals surface area contributed by atoms with Crippen LogP contribution in [0.2, 0.25) is 0 Å². The number of nitrogens with two attached hydrogens (primary N) is 1. The van der Waals surface area contributed by atoms with Crippen molar-refractivity contribution in [1.29, 1.82) is 0 Å². The average molecular weight is 297 g/mol. The van der Waals surface area contributed by atoms with Crippen LogP contribution in [-0.4, -0.2) is 24.9 Å². The summed E-state index contributed by atoms with van der Waals surface area (Å²) in [6.07, 6.45) is 0.492.